The van der Waals surface area contributed by atoms with Gasteiger partial charge < -0.3 is 4.74 Å². The zero-order chi connectivity index (χ0) is 9.68. The molecular formula is C11H13O2. The van der Waals surface area contributed by atoms with Crippen LogP contribution in [-0.2, 0) is 11.2 Å². The minimum absolute atomic E-state index is 0.493. The first-order chi connectivity index (χ1) is 6.26. The highest BCUT2D eigenvalue weighted by Crippen LogP contribution is 2.13. The Morgan fingerprint density at radius 3 is 2.46 bits per heavy atom. The number of rotatable bonds is 4. The van der Waals surface area contributed by atoms with Crippen molar-refractivity contribution in [3.8, 4) is 5.75 Å². The van der Waals surface area contributed by atoms with Gasteiger partial charge in [0.2, 0.25) is 6.29 Å². The van der Waals surface area contributed by atoms with Crippen LogP contribution < -0.4 is 4.74 Å². The summed E-state index contributed by atoms with van der Waals surface area (Å²) in [5.41, 5.74) is 1.26. The second-order valence-corrected chi connectivity index (χ2v) is 2.88. The van der Waals surface area contributed by atoms with Gasteiger partial charge >= 0.3 is 0 Å². The van der Waals surface area contributed by atoms with E-state index in [2.05, 4.69) is 6.92 Å². The Bertz CT molecular complexity index is 264. The Morgan fingerprint density at radius 2 is 2.00 bits per heavy atom. The molecule has 0 saturated heterocycles. The van der Waals surface area contributed by atoms with Crippen LogP contribution in [0.1, 0.15) is 19.4 Å². The lowest BCUT2D eigenvalue weighted by Gasteiger charge is -2.07. The van der Waals surface area contributed by atoms with Gasteiger partial charge in [0, 0.05) is 0 Å². The van der Waals surface area contributed by atoms with E-state index < -0.39 is 6.10 Å². The SMILES string of the molecule is CCc1ccc(OC(C)[C]=O)cc1. The van der Waals surface area contributed by atoms with Crippen molar-refractivity contribution in [3.63, 3.8) is 0 Å². The Hall–Kier alpha value is -1.31. The van der Waals surface area contributed by atoms with E-state index in [-0.39, 0.29) is 0 Å². The molecule has 1 unspecified atom stereocenters. The van der Waals surface area contributed by atoms with Gasteiger partial charge in [-0.3, -0.25) is 4.79 Å². The van der Waals surface area contributed by atoms with Crippen LogP contribution in [0.4, 0.5) is 0 Å². The molecule has 0 bridgehead atoms. The molecule has 1 aromatic carbocycles. The molecule has 2 heteroatoms. The molecular weight excluding hydrogens is 164 g/mol. The lowest BCUT2D eigenvalue weighted by atomic mass is 10.2. The van der Waals surface area contributed by atoms with Gasteiger partial charge in [0.1, 0.15) is 5.75 Å². The Balaban J connectivity index is 2.63. The fourth-order valence-electron chi connectivity index (χ4n) is 1.03. The standard InChI is InChI=1S/C11H13O2/c1-3-10-4-6-11(7-5-10)13-9(2)8-12/h4-7,9H,3H2,1-2H3. The monoisotopic (exact) mass is 177 g/mol. The topological polar surface area (TPSA) is 26.3 Å². The van der Waals surface area contributed by atoms with E-state index in [1.165, 1.54) is 5.56 Å². The third-order valence-electron chi connectivity index (χ3n) is 1.81. The fourth-order valence-corrected chi connectivity index (χ4v) is 1.03. The summed E-state index contributed by atoms with van der Waals surface area (Å²) in [6, 6.07) is 7.72. The quantitative estimate of drug-likeness (QED) is 0.704. The minimum atomic E-state index is -0.493. The second-order valence-electron chi connectivity index (χ2n) is 2.88. The van der Waals surface area contributed by atoms with Crippen LogP contribution >= 0.6 is 0 Å². The van der Waals surface area contributed by atoms with E-state index in [0.29, 0.717) is 5.75 Å². The summed E-state index contributed by atoms with van der Waals surface area (Å²) in [5.74, 6) is 0.716. The molecule has 1 rings (SSSR count). The van der Waals surface area contributed by atoms with E-state index in [4.69, 9.17) is 4.74 Å². The van der Waals surface area contributed by atoms with Gasteiger partial charge in [-0.25, -0.2) is 0 Å². The van der Waals surface area contributed by atoms with E-state index in [1.807, 2.05) is 24.3 Å². The van der Waals surface area contributed by atoms with Crippen molar-refractivity contribution in [2.24, 2.45) is 0 Å². The number of hydrogen-bond donors (Lipinski definition) is 0. The largest absolute Gasteiger partial charge is 0.482 e. The van der Waals surface area contributed by atoms with E-state index in [0.717, 1.165) is 6.42 Å². The Labute approximate surface area is 78.5 Å². The summed E-state index contributed by atoms with van der Waals surface area (Å²) >= 11 is 0. The summed E-state index contributed by atoms with van der Waals surface area (Å²) in [6.45, 7) is 3.76. The summed E-state index contributed by atoms with van der Waals surface area (Å²) in [7, 11) is 0. The molecule has 0 saturated carbocycles. The summed E-state index contributed by atoms with van der Waals surface area (Å²) < 4.78 is 5.24. The van der Waals surface area contributed by atoms with Crippen molar-refractivity contribution in [3.05, 3.63) is 29.8 Å². The second kappa shape index (κ2) is 4.65. The van der Waals surface area contributed by atoms with Gasteiger partial charge in [-0.2, -0.15) is 0 Å². The first kappa shape index (κ1) is 9.78. The lowest BCUT2D eigenvalue weighted by Crippen LogP contribution is -2.12. The molecule has 0 heterocycles. The van der Waals surface area contributed by atoms with Crippen molar-refractivity contribution in [1.82, 2.24) is 0 Å². The first-order valence-corrected chi connectivity index (χ1v) is 4.39. The van der Waals surface area contributed by atoms with E-state index in [9.17, 15) is 4.79 Å². The minimum Gasteiger partial charge on any atom is -0.482 e. The van der Waals surface area contributed by atoms with Gasteiger partial charge in [-0.05, 0) is 31.0 Å². The van der Waals surface area contributed by atoms with Crippen LogP contribution in [0.5, 0.6) is 5.75 Å². The van der Waals surface area contributed by atoms with Crippen LogP contribution in [0.3, 0.4) is 0 Å². The van der Waals surface area contributed by atoms with Gasteiger partial charge in [0.05, 0.1) is 0 Å². The molecule has 0 aliphatic carbocycles. The molecule has 0 spiro atoms. The average molecular weight is 177 g/mol. The van der Waals surface area contributed by atoms with Crippen molar-refractivity contribution >= 4 is 6.29 Å². The Kier molecular flexibility index (Phi) is 3.50. The predicted octanol–water partition coefficient (Wildman–Crippen LogP) is 2.13. The molecule has 69 valence electrons. The molecule has 2 nitrogen and oxygen atoms in total. The molecule has 1 aromatic rings. The smallest absolute Gasteiger partial charge is 0.242 e. The molecule has 1 atom stereocenters. The summed E-state index contributed by atoms with van der Waals surface area (Å²) in [6.07, 6.45) is 2.29. The predicted molar refractivity (Wildman–Crippen MR) is 51.6 cm³/mol. The van der Waals surface area contributed by atoms with Crippen molar-refractivity contribution in [2.75, 3.05) is 0 Å². The van der Waals surface area contributed by atoms with E-state index in [1.54, 1.807) is 13.2 Å². The third kappa shape index (κ3) is 2.90. The molecule has 0 N–H and O–H groups in total. The number of ether oxygens (including phenoxy) is 1. The molecule has 0 aromatic heterocycles. The molecule has 0 aliphatic rings. The highest BCUT2D eigenvalue weighted by molar-refractivity contribution is 5.57. The first-order valence-electron chi connectivity index (χ1n) is 4.39. The zero-order valence-electron chi connectivity index (χ0n) is 7.91. The molecule has 0 fully saturated rings. The van der Waals surface area contributed by atoms with Crippen LogP contribution in [-0.4, -0.2) is 12.4 Å². The molecule has 0 amide bonds. The fraction of sp³-hybridized carbons (Fsp3) is 0.364. The van der Waals surface area contributed by atoms with Crippen LogP contribution in [0, 0.1) is 0 Å². The average Bonchev–Trinajstić information content (AvgIpc) is 2.19. The number of carbonyl (C=O) groups excluding carboxylic acids is 1. The number of benzene rings is 1. The molecule has 1 radical (unpaired) electrons. The molecule has 13 heavy (non-hydrogen) atoms. The maximum absolute atomic E-state index is 10.2. The highest BCUT2D eigenvalue weighted by Gasteiger charge is 2.01. The van der Waals surface area contributed by atoms with Gasteiger partial charge in [0.15, 0.2) is 6.10 Å². The van der Waals surface area contributed by atoms with Gasteiger partial charge in [-0.15, -0.1) is 0 Å². The normalized spacial score (nSPS) is 12.2. The van der Waals surface area contributed by atoms with Crippen LogP contribution in [0.15, 0.2) is 24.3 Å². The number of aryl methyl sites for hydroxylation is 1. The van der Waals surface area contributed by atoms with Gasteiger partial charge in [-0.1, -0.05) is 19.1 Å². The molecule has 0 aliphatic heterocycles. The number of hydrogen-bond acceptors (Lipinski definition) is 2. The summed E-state index contributed by atoms with van der Waals surface area (Å²) in [5, 5.41) is 0. The van der Waals surface area contributed by atoms with Crippen LogP contribution in [0.2, 0.25) is 0 Å². The zero-order valence-corrected chi connectivity index (χ0v) is 7.91. The maximum Gasteiger partial charge on any atom is 0.242 e. The van der Waals surface area contributed by atoms with Gasteiger partial charge in [0.25, 0.3) is 0 Å². The summed E-state index contributed by atoms with van der Waals surface area (Å²) in [4.78, 5) is 10.2. The lowest BCUT2D eigenvalue weighted by molar-refractivity contribution is 0.278. The van der Waals surface area contributed by atoms with Crippen molar-refractivity contribution < 1.29 is 9.53 Å². The third-order valence-corrected chi connectivity index (χ3v) is 1.81. The van der Waals surface area contributed by atoms with Crippen molar-refractivity contribution in [2.45, 2.75) is 26.4 Å². The highest BCUT2D eigenvalue weighted by atomic mass is 16.5. The van der Waals surface area contributed by atoms with Crippen molar-refractivity contribution in [1.29, 1.82) is 0 Å². The van der Waals surface area contributed by atoms with E-state index >= 15 is 0 Å². The Morgan fingerprint density at radius 1 is 1.38 bits per heavy atom. The maximum atomic E-state index is 10.2. The van der Waals surface area contributed by atoms with Crippen LogP contribution in [0.25, 0.3) is 0 Å².